The molecule has 0 bridgehead atoms. The first-order valence-electron chi connectivity index (χ1n) is 9.74. The Balaban J connectivity index is 3.43. The summed E-state index contributed by atoms with van der Waals surface area (Å²) in [6.07, 6.45) is -13.1. The fourth-order valence-corrected chi connectivity index (χ4v) is 3.41. The van der Waals surface area contributed by atoms with Crippen molar-refractivity contribution in [3.05, 3.63) is 0 Å². The van der Waals surface area contributed by atoms with Gasteiger partial charge in [0.15, 0.2) is 5.41 Å². The molecule has 0 N–H and O–H groups in total. The summed E-state index contributed by atoms with van der Waals surface area (Å²) in [4.78, 5) is 36.6. The van der Waals surface area contributed by atoms with Crippen molar-refractivity contribution in [1.82, 2.24) is 0 Å². The Morgan fingerprint density at radius 2 is 1.14 bits per heavy atom. The van der Waals surface area contributed by atoms with E-state index in [9.17, 15) is 71.5 Å². The van der Waals surface area contributed by atoms with Gasteiger partial charge in [0.05, 0.1) is 13.2 Å². The number of carbonyl (C=O) groups excluding carboxylic acids is 3. The molecule has 1 atom stereocenters. The molecule has 0 saturated heterocycles. The van der Waals surface area contributed by atoms with Crippen molar-refractivity contribution in [3.63, 3.8) is 0 Å². The Bertz CT molecular complexity index is 848. The van der Waals surface area contributed by atoms with Gasteiger partial charge >= 0.3 is 47.7 Å². The summed E-state index contributed by atoms with van der Waals surface area (Å²) < 4.78 is 182. The fraction of sp³-hybridized carbons (Fsp3) is 0.833. The average Bonchev–Trinajstić information content (AvgIpc) is 3.03. The van der Waals surface area contributed by atoms with Crippen LogP contribution in [0.1, 0.15) is 33.1 Å². The molecule has 0 aromatic carbocycles. The molecule has 0 aromatic heterocycles. The zero-order chi connectivity index (χ0) is 28.8. The number of alkyl halides is 13. The second-order valence-corrected chi connectivity index (χ2v) is 7.77. The van der Waals surface area contributed by atoms with Gasteiger partial charge in [0.25, 0.3) is 0 Å². The highest BCUT2D eigenvalue weighted by atomic mass is 19.4. The molecule has 1 aliphatic rings. The first kappa shape index (κ1) is 31.7. The second-order valence-electron chi connectivity index (χ2n) is 7.77. The molecular weight excluding hydrogens is 543 g/mol. The van der Waals surface area contributed by atoms with Crippen LogP contribution in [0.4, 0.5) is 57.1 Å². The fourth-order valence-electron chi connectivity index (χ4n) is 3.41. The maximum Gasteiger partial charge on any atom is 0.460 e. The van der Waals surface area contributed by atoms with Crippen molar-refractivity contribution in [2.24, 2.45) is 11.3 Å². The van der Waals surface area contributed by atoms with Gasteiger partial charge in [-0.25, -0.2) is 0 Å². The molecule has 210 valence electrons. The molecular formula is C18H17F13O5. The predicted molar refractivity (Wildman–Crippen MR) is 88.8 cm³/mol. The van der Waals surface area contributed by atoms with Crippen LogP contribution in [0.25, 0.3) is 0 Å². The van der Waals surface area contributed by atoms with Crippen LogP contribution >= 0.6 is 0 Å². The van der Waals surface area contributed by atoms with Gasteiger partial charge < -0.3 is 9.47 Å². The molecule has 0 amide bonds. The van der Waals surface area contributed by atoms with E-state index in [1.807, 2.05) is 0 Å². The minimum Gasteiger partial charge on any atom is -0.465 e. The molecule has 1 unspecified atom stereocenters. The number of ether oxygens (including phenoxy) is 2. The lowest BCUT2D eigenvalue weighted by molar-refractivity contribution is -0.440. The number of rotatable bonds is 10. The minimum atomic E-state index is -8.08. The second kappa shape index (κ2) is 9.54. The van der Waals surface area contributed by atoms with Crippen molar-refractivity contribution in [2.45, 2.75) is 68.9 Å². The zero-order valence-corrected chi connectivity index (χ0v) is 18.1. The molecule has 5 nitrogen and oxygen atoms in total. The van der Waals surface area contributed by atoms with Crippen molar-refractivity contribution in [1.29, 1.82) is 0 Å². The summed E-state index contributed by atoms with van der Waals surface area (Å²) in [5.41, 5.74) is -2.71. The largest absolute Gasteiger partial charge is 0.465 e. The molecule has 1 aliphatic carbocycles. The highest BCUT2D eigenvalue weighted by Gasteiger charge is 2.90. The Kier molecular flexibility index (Phi) is 8.41. The third-order valence-corrected chi connectivity index (χ3v) is 5.36. The van der Waals surface area contributed by atoms with E-state index in [2.05, 4.69) is 9.47 Å². The molecule has 0 heterocycles. The summed E-state index contributed by atoms with van der Waals surface area (Å²) >= 11 is 0. The van der Waals surface area contributed by atoms with Crippen LogP contribution in [0.2, 0.25) is 0 Å². The minimum absolute atomic E-state index is 0.457. The highest BCUT2D eigenvalue weighted by Crippen LogP contribution is 2.61. The standard InChI is InChI=1S/C18H17F13O5/c1-3-35-10(33)12(11(34)36-4-2)5-8(9(32)7-12)6-13(19,20)14(21,22)15(23,24)16(25,26)17(27,28)18(29,30)31/h8H,3-7H2,1-2H3. The molecule has 0 aliphatic heterocycles. The number of carbonyl (C=O) groups is 3. The number of ketones is 1. The van der Waals surface area contributed by atoms with Gasteiger partial charge in [-0.2, -0.15) is 57.1 Å². The van der Waals surface area contributed by atoms with E-state index < -0.39 is 97.3 Å². The average molecular weight is 560 g/mol. The van der Waals surface area contributed by atoms with E-state index in [0.29, 0.717) is 0 Å². The van der Waals surface area contributed by atoms with Crippen LogP contribution in [-0.2, 0) is 23.9 Å². The van der Waals surface area contributed by atoms with E-state index in [-0.39, 0.29) is 0 Å². The van der Waals surface area contributed by atoms with Crippen LogP contribution in [0.3, 0.4) is 0 Å². The molecule has 1 rings (SSSR count). The SMILES string of the molecule is CCOC(=O)C1(C(=O)OCC)CC(=O)C(CC(F)(F)C(F)(F)C(F)(F)C(F)(F)C(F)(F)C(F)(F)F)C1. The van der Waals surface area contributed by atoms with Crippen molar-refractivity contribution in [2.75, 3.05) is 13.2 Å². The smallest absolute Gasteiger partial charge is 0.460 e. The number of Topliss-reactive ketones (excluding diaryl/α,β-unsaturated/α-hetero) is 1. The maximum absolute atomic E-state index is 14.2. The van der Waals surface area contributed by atoms with Gasteiger partial charge in [-0.15, -0.1) is 0 Å². The van der Waals surface area contributed by atoms with Gasteiger partial charge in [0, 0.05) is 18.8 Å². The topological polar surface area (TPSA) is 69.7 Å². The Morgan fingerprint density at radius 1 is 0.750 bits per heavy atom. The molecule has 1 fully saturated rings. The quantitative estimate of drug-likeness (QED) is 0.209. The third-order valence-electron chi connectivity index (χ3n) is 5.36. The lowest BCUT2D eigenvalue weighted by Crippen LogP contribution is -2.70. The monoisotopic (exact) mass is 560 g/mol. The lowest BCUT2D eigenvalue weighted by atomic mass is 9.83. The molecule has 0 aromatic rings. The van der Waals surface area contributed by atoms with Gasteiger partial charge in [0.2, 0.25) is 0 Å². The summed E-state index contributed by atoms with van der Waals surface area (Å²) in [6, 6.07) is 0. The lowest BCUT2D eigenvalue weighted by Gasteiger charge is -2.40. The van der Waals surface area contributed by atoms with Crippen molar-refractivity contribution >= 4 is 17.7 Å². The van der Waals surface area contributed by atoms with Gasteiger partial charge in [-0.3, -0.25) is 14.4 Å². The van der Waals surface area contributed by atoms with E-state index in [0.717, 1.165) is 0 Å². The van der Waals surface area contributed by atoms with Gasteiger partial charge in [0.1, 0.15) is 5.78 Å². The number of hydrogen-bond acceptors (Lipinski definition) is 5. The predicted octanol–water partition coefficient (Wildman–Crippen LogP) is 5.21. The molecule has 18 heteroatoms. The summed E-state index contributed by atoms with van der Waals surface area (Å²) in [6.45, 7) is 1.47. The van der Waals surface area contributed by atoms with Crippen LogP contribution in [0, 0.1) is 11.3 Å². The molecule has 0 spiro atoms. The van der Waals surface area contributed by atoms with Gasteiger partial charge in [-0.1, -0.05) is 0 Å². The first-order chi connectivity index (χ1) is 15.9. The third kappa shape index (κ3) is 4.70. The van der Waals surface area contributed by atoms with Crippen LogP contribution in [0.15, 0.2) is 0 Å². The summed E-state index contributed by atoms with van der Waals surface area (Å²) in [5, 5.41) is 0. The number of halogens is 13. The van der Waals surface area contributed by atoms with Crippen LogP contribution in [-0.4, -0.2) is 66.7 Å². The van der Waals surface area contributed by atoms with Gasteiger partial charge in [-0.05, 0) is 20.3 Å². The van der Waals surface area contributed by atoms with E-state index in [4.69, 9.17) is 0 Å². The van der Waals surface area contributed by atoms with E-state index in [1.54, 1.807) is 0 Å². The number of hydrogen-bond donors (Lipinski definition) is 0. The Hall–Kier alpha value is -2.30. The maximum atomic E-state index is 14.2. The Morgan fingerprint density at radius 3 is 1.50 bits per heavy atom. The highest BCUT2D eigenvalue weighted by molar-refractivity contribution is 6.07. The summed E-state index contributed by atoms with van der Waals surface area (Å²) in [7, 11) is 0. The van der Waals surface area contributed by atoms with E-state index >= 15 is 0 Å². The Labute approximate surface area is 193 Å². The zero-order valence-electron chi connectivity index (χ0n) is 18.1. The number of esters is 2. The molecule has 1 saturated carbocycles. The molecule has 36 heavy (non-hydrogen) atoms. The van der Waals surface area contributed by atoms with Crippen LogP contribution < -0.4 is 0 Å². The van der Waals surface area contributed by atoms with Crippen LogP contribution in [0.5, 0.6) is 0 Å². The van der Waals surface area contributed by atoms with Crippen molar-refractivity contribution in [3.8, 4) is 0 Å². The molecule has 0 radical (unpaired) electrons. The first-order valence-corrected chi connectivity index (χ1v) is 9.74. The van der Waals surface area contributed by atoms with Crippen molar-refractivity contribution < 1.29 is 80.9 Å². The normalized spacial score (nSPS) is 19.9. The van der Waals surface area contributed by atoms with E-state index in [1.165, 1.54) is 13.8 Å². The summed E-state index contributed by atoms with van der Waals surface area (Å²) in [5.74, 6) is -45.4.